The number of hydrogen-bond acceptors (Lipinski definition) is 4. The van der Waals surface area contributed by atoms with Crippen LogP contribution in [0.25, 0.3) is 6.08 Å². The van der Waals surface area contributed by atoms with E-state index >= 15 is 0 Å². The van der Waals surface area contributed by atoms with Crippen LogP contribution in [0.1, 0.15) is 21.5 Å². The van der Waals surface area contributed by atoms with Gasteiger partial charge in [0.15, 0.2) is 5.78 Å². The van der Waals surface area contributed by atoms with Crippen LogP contribution in [-0.4, -0.2) is 27.1 Å². The van der Waals surface area contributed by atoms with Crippen LogP contribution >= 0.6 is 0 Å². The van der Waals surface area contributed by atoms with Crippen molar-refractivity contribution in [3.05, 3.63) is 65.2 Å². The average Bonchev–Trinajstić information content (AvgIpc) is 2.99. The molecule has 0 spiro atoms. The molecule has 0 amide bonds. The number of hydrogen-bond donors (Lipinski definition) is 1. The lowest BCUT2D eigenvalue weighted by molar-refractivity contribution is 0.104. The molecule has 1 aliphatic rings. The molecular weight excluding hydrogens is 326 g/mol. The molecule has 1 heterocycles. The van der Waals surface area contributed by atoms with Crippen molar-refractivity contribution in [2.75, 3.05) is 17.6 Å². The molecule has 0 aromatic heterocycles. The minimum Gasteiger partial charge on any atom is -0.493 e. The number of ketones is 1. The topological polar surface area (TPSA) is 72.5 Å². The fourth-order valence-electron chi connectivity index (χ4n) is 2.49. The van der Waals surface area contributed by atoms with Crippen LogP contribution in [0.3, 0.4) is 0 Å². The maximum absolute atomic E-state index is 12.2. The van der Waals surface area contributed by atoms with Crippen molar-refractivity contribution >= 4 is 27.6 Å². The molecule has 0 fully saturated rings. The molecule has 1 N–H and O–H groups in total. The summed E-state index contributed by atoms with van der Waals surface area (Å²) < 4.78 is 30.1. The van der Waals surface area contributed by atoms with Gasteiger partial charge in [0.05, 0.1) is 12.9 Å². The standard InChI is InChI=1S/C18H17NO4S/c1-24(21,22)19-16-6-4-14(5-7-16)17(20)8-2-13-3-9-18-15(12-13)10-11-23-18/h2-9,12,19H,10-11H2,1H3/b8-2+. The zero-order valence-corrected chi connectivity index (χ0v) is 14.0. The van der Waals surface area contributed by atoms with Gasteiger partial charge in [-0.15, -0.1) is 0 Å². The largest absolute Gasteiger partial charge is 0.493 e. The highest BCUT2D eigenvalue weighted by Gasteiger charge is 2.11. The first-order valence-electron chi connectivity index (χ1n) is 7.47. The Kier molecular flexibility index (Phi) is 4.40. The van der Waals surface area contributed by atoms with Gasteiger partial charge < -0.3 is 4.74 Å². The maximum Gasteiger partial charge on any atom is 0.229 e. The number of benzene rings is 2. The summed E-state index contributed by atoms with van der Waals surface area (Å²) in [6.07, 6.45) is 5.25. The molecule has 1 aliphatic heterocycles. The monoisotopic (exact) mass is 343 g/mol. The molecule has 2 aromatic rings. The van der Waals surface area contributed by atoms with Crippen molar-refractivity contribution in [2.45, 2.75) is 6.42 Å². The van der Waals surface area contributed by atoms with E-state index in [4.69, 9.17) is 4.74 Å². The van der Waals surface area contributed by atoms with Crippen molar-refractivity contribution in [2.24, 2.45) is 0 Å². The van der Waals surface area contributed by atoms with E-state index in [0.717, 1.165) is 29.6 Å². The van der Waals surface area contributed by atoms with Gasteiger partial charge in [-0.2, -0.15) is 0 Å². The SMILES string of the molecule is CS(=O)(=O)Nc1ccc(C(=O)/C=C/c2ccc3c(c2)CCO3)cc1. The Bertz CT molecular complexity index is 899. The first-order chi connectivity index (χ1) is 11.4. The predicted octanol–water partition coefficient (Wildman–Crippen LogP) is 2.89. The van der Waals surface area contributed by atoms with Crippen molar-refractivity contribution in [1.29, 1.82) is 0 Å². The van der Waals surface area contributed by atoms with Crippen molar-refractivity contribution in [3.8, 4) is 5.75 Å². The Morgan fingerprint density at radius 2 is 1.92 bits per heavy atom. The highest BCUT2D eigenvalue weighted by molar-refractivity contribution is 7.92. The summed E-state index contributed by atoms with van der Waals surface area (Å²) in [4.78, 5) is 12.2. The number of ether oxygens (including phenoxy) is 1. The van der Waals surface area contributed by atoms with Crippen LogP contribution < -0.4 is 9.46 Å². The summed E-state index contributed by atoms with van der Waals surface area (Å²) in [5.74, 6) is 0.769. The Morgan fingerprint density at radius 1 is 1.17 bits per heavy atom. The minimum absolute atomic E-state index is 0.141. The van der Waals surface area contributed by atoms with E-state index in [0.29, 0.717) is 17.9 Å². The van der Waals surface area contributed by atoms with E-state index in [9.17, 15) is 13.2 Å². The van der Waals surface area contributed by atoms with Crippen LogP contribution in [0.2, 0.25) is 0 Å². The smallest absolute Gasteiger partial charge is 0.229 e. The van der Waals surface area contributed by atoms with Gasteiger partial charge in [-0.1, -0.05) is 12.1 Å². The molecule has 0 saturated heterocycles. The molecule has 124 valence electrons. The van der Waals surface area contributed by atoms with Crippen molar-refractivity contribution in [1.82, 2.24) is 0 Å². The number of carbonyl (C=O) groups is 1. The second kappa shape index (κ2) is 6.49. The first kappa shape index (κ1) is 16.3. The molecule has 3 rings (SSSR count). The maximum atomic E-state index is 12.2. The number of nitrogens with one attached hydrogen (secondary N) is 1. The number of rotatable bonds is 5. The second-order valence-electron chi connectivity index (χ2n) is 5.61. The Balaban J connectivity index is 1.70. The molecule has 0 radical (unpaired) electrons. The zero-order valence-electron chi connectivity index (χ0n) is 13.2. The van der Waals surface area contributed by atoms with Gasteiger partial charge in [0.25, 0.3) is 0 Å². The zero-order chi connectivity index (χ0) is 17.2. The molecule has 0 aliphatic carbocycles. The highest BCUT2D eigenvalue weighted by Crippen LogP contribution is 2.26. The van der Waals surface area contributed by atoms with Crippen LogP contribution in [0, 0.1) is 0 Å². The van der Waals surface area contributed by atoms with Gasteiger partial charge in [0, 0.05) is 17.7 Å². The fraction of sp³-hybridized carbons (Fsp3) is 0.167. The van der Waals surface area contributed by atoms with Gasteiger partial charge in [0.2, 0.25) is 10.0 Å². The van der Waals surface area contributed by atoms with E-state index in [1.807, 2.05) is 18.2 Å². The predicted molar refractivity (Wildman–Crippen MR) is 93.9 cm³/mol. The van der Waals surface area contributed by atoms with E-state index < -0.39 is 10.0 Å². The minimum atomic E-state index is -3.32. The molecule has 6 heteroatoms. The number of carbonyl (C=O) groups excluding carboxylic acids is 1. The van der Waals surface area contributed by atoms with E-state index in [2.05, 4.69) is 4.72 Å². The van der Waals surface area contributed by atoms with Crippen molar-refractivity contribution < 1.29 is 17.9 Å². The first-order valence-corrected chi connectivity index (χ1v) is 9.36. The molecule has 5 nitrogen and oxygen atoms in total. The molecule has 2 aromatic carbocycles. The number of allylic oxidation sites excluding steroid dienone is 1. The van der Waals surface area contributed by atoms with Gasteiger partial charge >= 0.3 is 0 Å². The highest BCUT2D eigenvalue weighted by atomic mass is 32.2. The van der Waals surface area contributed by atoms with Crippen LogP contribution in [0.5, 0.6) is 5.75 Å². The lowest BCUT2D eigenvalue weighted by Gasteiger charge is -2.04. The third-order valence-electron chi connectivity index (χ3n) is 3.61. The normalized spacial score (nSPS) is 13.5. The molecular formula is C18H17NO4S. The fourth-order valence-corrected chi connectivity index (χ4v) is 3.06. The molecule has 0 atom stereocenters. The molecule has 0 unspecified atom stereocenters. The lowest BCUT2D eigenvalue weighted by Crippen LogP contribution is -2.09. The lowest BCUT2D eigenvalue weighted by atomic mass is 10.1. The number of sulfonamides is 1. The summed E-state index contributed by atoms with van der Waals surface area (Å²) in [6.45, 7) is 0.704. The molecule has 0 saturated carbocycles. The summed E-state index contributed by atoms with van der Waals surface area (Å²) >= 11 is 0. The van der Waals surface area contributed by atoms with Gasteiger partial charge in [-0.25, -0.2) is 8.42 Å². The van der Waals surface area contributed by atoms with Crippen LogP contribution in [0.4, 0.5) is 5.69 Å². The molecule has 24 heavy (non-hydrogen) atoms. The Morgan fingerprint density at radius 3 is 2.62 bits per heavy atom. The van der Waals surface area contributed by atoms with Gasteiger partial charge in [-0.3, -0.25) is 9.52 Å². The van der Waals surface area contributed by atoms with Gasteiger partial charge in [0.1, 0.15) is 5.75 Å². The second-order valence-corrected chi connectivity index (χ2v) is 7.36. The summed E-state index contributed by atoms with van der Waals surface area (Å²) in [6, 6.07) is 12.2. The molecule has 0 bridgehead atoms. The van der Waals surface area contributed by atoms with E-state index in [1.54, 1.807) is 30.3 Å². The van der Waals surface area contributed by atoms with Gasteiger partial charge in [-0.05, 0) is 53.6 Å². The summed E-state index contributed by atoms with van der Waals surface area (Å²) in [5.41, 5.74) is 3.02. The number of anilines is 1. The summed E-state index contributed by atoms with van der Waals surface area (Å²) in [5, 5.41) is 0. The van der Waals surface area contributed by atoms with Crippen LogP contribution in [0.15, 0.2) is 48.5 Å². The third-order valence-corrected chi connectivity index (χ3v) is 4.22. The Labute approximate surface area is 141 Å². The summed E-state index contributed by atoms with van der Waals surface area (Å²) in [7, 11) is -3.32. The Hall–Kier alpha value is -2.60. The number of fused-ring (bicyclic) bond motifs is 1. The third kappa shape index (κ3) is 4.02. The van der Waals surface area contributed by atoms with Crippen LogP contribution in [-0.2, 0) is 16.4 Å². The van der Waals surface area contributed by atoms with E-state index in [-0.39, 0.29) is 5.78 Å². The average molecular weight is 343 g/mol. The van der Waals surface area contributed by atoms with E-state index in [1.165, 1.54) is 6.08 Å². The van der Waals surface area contributed by atoms with Crippen molar-refractivity contribution in [3.63, 3.8) is 0 Å². The quantitative estimate of drug-likeness (QED) is 0.669.